The summed E-state index contributed by atoms with van der Waals surface area (Å²) in [6.45, 7) is 6.79. The summed E-state index contributed by atoms with van der Waals surface area (Å²) in [5.41, 5.74) is 7.68. The van der Waals surface area contributed by atoms with E-state index < -0.39 is 0 Å². The fourth-order valence-electron chi connectivity index (χ4n) is 2.86. The van der Waals surface area contributed by atoms with Crippen molar-refractivity contribution in [1.82, 2.24) is 4.98 Å². The first-order chi connectivity index (χ1) is 9.52. The molecule has 0 spiro atoms. The first kappa shape index (κ1) is 15.5. The Kier molecular flexibility index (Phi) is 5.17. The molecule has 3 heteroatoms. The van der Waals surface area contributed by atoms with Gasteiger partial charge in [0, 0.05) is 12.2 Å². The molecule has 0 amide bonds. The lowest BCUT2D eigenvalue weighted by Crippen LogP contribution is -2.35. The van der Waals surface area contributed by atoms with Crippen LogP contribution in [0.15, 0.2) is 24.4 Å². The van der Waals surface area contributed by atoms with E-state index in [0.29, 0.717) is 11.5 Å². The van der Waals surface area contributed by atoms with Crippen LogP contribution >= 0.6 is 0 Å². The van der Waals surface area contributed by atoms with Gasteiger partial charge in [-0.15, -0.1) is 0 Å². The minimum Gasteiger partial charge on any atom is -0.367 e. The van der Waals surface area contributed by atoms with Crippen molar-refractivity contribution in [1.29, 1.82) is 0 Å². The van der Waals surface area contributed by atoms with E-state index in [-0.39, 0.29) is 12.1 Å². The van der Waals surface area contributed by atoms with E-state index in [1.54, 1.807) is 0 Å². The van der Waals surface area contributed by atoms with Gasteiger partial charge in [0.1, 0.15) is 6.10 Å². The normalized spacial score (nSPS) is 22.4. The zero-order valence-corrected chi connectivity index (χ0v) is 13.0. The molecule has 0 aliphatic heterocycles. The predicted octanol–water partition coefficient (Wildman–Crippen LogP) is 3.85. The molecule has 0 radical (unpaired) electrons. The molecule has 2 N–H and O–H groups in total. The molecule has 1 aliphatic carbocycles. The fourth-order valence-corrected chi connectivity index (χ4v) is 2.86. The van der Waals surface area contributed by atoms with Gasteiger partial charge >= 0.3 is 0 Å². The van der Waals surface area contributed by atoms with E-state index in [4.69, 9.17) is 10.5 Å². The topological polar surface area (TPSA) is 48.1 Å². The first-order valence-corrected chi connectivity index (χ1v) is 7.84. The largest absolute Gasteiger partial charge is 0.367 e. The molecular weight excluding hydrogens is 248 g/mol. The average Bonchev–Trinajstić information content (AvgIpc) is 2.46. The standard InChI is InChI=1S/C17H28N2O/c1-4-14(18)16(15-7-5-6-12-19-15)20-13-8-10-17(2,3)11-9-13/h5-7,12-14,16H,4,8-11,18H2,1-3H3. The highest BCUT2D eigenvalue weighted by Crippen LogP contribution is 2.38. The van der Waals surface area contributed by atoms with E-state index in [1.807, 2.05) is 24.4 Å². The van der Waals surface area contributed by atoms with Gasteiger partial charge in [-0.1, -0.05) is 26.8 Å². The molecule has 3 nitrogen and oxygen atoms in total. The van der Waals surface area contributed by atoms with Gasteiger partial charge in [0.25, 0.3) is 0 Å². The van der Waals surface area contributed by atoms with Crippen molar-refractivity contribution in [3.8, 4) is 0 Å². The molecule has 0 saturated heterocycles. The average molecular weight is 276 g/mol. The number of pyridine rings is 1. The Hall–Kier alpha value is -0.930. The highest BCUT2D eigenvalue weighted by atomic mass is 16.5. The Balaban J connectivity index is 2.02. The molecule has 0 aromatic carbocycles. The smallest absolute Gasteiger partial charge is 0.115 e. The van der Waals surface area contributed by atoms with Gasteiger partial charge in [0.05, 0.1) is 11.8 Å². The number of aromatic nitrogens is 1. The van der Waals surface area contributed by atoms with Gasteiger partial charge < -0.3 is 10.5 Å². The van der Waals surface area contributed by atoms with Crippen LogP contribution in [0.3, 0.4) is 0 Å². The molecule has 2 unspecified atom stereocenters. The molecule has 0 bridgehead atoms. The van der Waals surface area contributed by atoms with Gasteiger partial charge in [-0.3, -0.25) is 4.98 Å². The highest BCUT2D eigenvalue weighted by molar-refractivity contribution is 5.09. The van der Waals surface area contributed by atoms with Crippen molar-refractivity contribution in [2.24, 2.45) is 11.1 Å². The molecule has 1 fully saturated rings. The van der Waals surface area contributed by atoms with E-state index in [9.17, 15) is 0 Å². The van der Waals surface area contributed by atoms with Crippen LogP contribution in [0.2, 0.25) is 0 Å². The van der Waals surface area contributed by atoms with Gasteiger partial charge in [0.15, 0.2) is 0 Å². The Morgan fingerprint density at radius 1 is 1.35 bits per heavy atom. The summed E-state index contributed by atoms with van der Waals surface area (Å²) in [7, 11) is 0. The number of rotatable bonds is 5. The van der Waals surface area contributed by atoms with Crippen LogP contribution < -0.4 is 5.73 Å². The van der Waals surface area contributed by atoms with Crippen LogP contribution in [0, 0.1) is 5.41 Å². The summed E-state index contributed by atoms with van der Waals surface area (Å²) in [6.07, 6.45) is 7.69. The second-order valence-corrected chi connectivity index (χ2v) is 6.75. The van der Waals surface area contributed by atoms with Gasteiger partial charge in [-0.2, -0.15) is 0 Å². The number of nitrogens with zero attached hydrogens (tertiary/aromatic N) is 1. The third-order valence-corrected chi connectivity index (χ3v) is 4.46. The van der Waals surface area contributed by atoms with Crippen LogP contribution in [0.1, 0.15) is 64.7 Å². The molecule has 1 saturated carbocycles. The monoisotopic (exact) mass is 276 g/mol. The van der Waals surface area contributed by atoms with Crippen LogP contribution in [-0.4, -0.2) is 17.1 Å². The van der Waals surface area contributed by atoms with Crippen molar-refractivity contribution in [3.05, 3.63) is 30.1 Å². The summed E-state index contributed by atoms with van der Waals surface area (Å²) in [6, 6.07) is 5.97. The second-order valence-electron chi connectivity index (χ2n) is 6.75. The van der Waals surface area contributed by atoms with E-state index in [0.717, 1.165) is 25.0 Å². The lowest BCUT2D eigenvalue weighted by Gasteiger charge is -2.36. The molecule has 1 aromatic heterocycles. The third kappa shape index (κ3) is 4.03. The summed E-state index contributed by atoms with van der Waals surface area (Å²) >= 11 is 0. The molecule has 2 atom stereocenters. The minimum absolute atomic E-state index is 0.0137. The lowest BCUT2D eigenvalue weighted by molar-refractivity contribution is -0.0592. The van der Waals surface area contributed by atoms with Crippen LogP contribution in [0.25, 0.3) is 0 Å². The summed E-state index contributed by atoms with van der Waals surface area (Å²) in [5, 5.41) is 0. The van der Waals surface area contributed by atoms with E-state index >= 15 is 0 Å². The lowest BCUT2D eigenvalue weighted by atomic mass is 9.76. The number of ether oxygens (including phenoxy) is 1. The van der Waals surface area contributed by atoms with E-state index in [1.165, 1.54) is 12.8 Å². The van der Waals surface area contributed by atoms with Gasteiger partial charge in [-0.05, 0) is 49.7 Å². The van der Waals surface area contributed by atoms with Crippen molar-refractivity contribution < 1.29 is 4.74 Å². The second kappa shape index (κ2) is 6.68. The molecule has 1 aliphatic rings. The molecule has 1 heterocycles. The third-order valence-electron chi connectivity index (χ3n) is 4.46. The maximum Gasteiger partial charge on any atom is 0.115 e. The summed E-state index contributed by atoms with van der Waals surface area (Å²) < 4.78 is 6.34. The fraction of sp³-hybridized carbons (Fsp3) is 0.706. The molecule has 112 valence electrons. The Morgan fingerprint density at radius 2 is 2.05 bits per heavy atom. The quantitative estimate of drug-likeness (QED) is 0.888. The van der Waals surface area contributed by atoms with E-state index in [2.05, 4.69) is 25.8 Å². The predicted molar refractivity (Wildman–Crippen MR) is 82.4 cm³/mol. The van der Waals surface area contributed by atoms with Crippen molar-refractivity contribution >= 4 is 0 Å². The minimum atomic E-state index is -0.0765. The van der Waals surface area contributed by atoms with Crippen molar-refractivity contribution in [2.45, 2.75) is 71.1 Å². The molecular formula is C17H28N2O. The first-order valence-electron chi connectivity index (χ1n) is 7.84. The van der Waals surface area contributed by atoms with Gasteiger partial charge in [0.2, 0.25) is 0 Å². The number of hydrogen-bond donors (Lipinski definition) is 1. The molecule has 2 rings (SSSR count). The Morgan fingerprint density at radius 3 is 2.60 bits per heavy atom. The molecule has 20 heavy (non-hydrogen) atoms. The van der Waals surface area contributed by atoms with Crippen molar-refractivity contribution in [3.63, 3.8) is 0 Å². The van der Waals surface area contributed by atoms with Crippen LogP contribution in [0.5, 0.6) is 0 Å². The maximum atomic E-state index is 6.34. The maximum absolute atomic E-state index is 6.34. The van der Waals surface area contributed by atoms with Crippen molar-refractivity contribution in [2.75, 3.05) is 0 Å². The molecule has 1 aromatic rings. The SMILES string of the molecule is CCC(N)C(OC1CCC(C)(C)CC1)c1ccccn1. The Labute approximate surface area is 122 Å². The summed E-state index contributed by atoms with van der Waals surface area (Å²) in [4.78, 5) is 4.44. The number of hydrogen-bond acceptors (Lipinski definition) is 3. The summed E-state index contributed by atoms with van der Waals surface area (Å²) in [5.74, 6) is 0. The van der Waals surface area contributed by atoms with Crippen LogP contribution in [-0.2, 0) is 4.74 Å². The zero-order chi connectivity index (χ0) is 14.6. The number of nitrogens with two attached hydrogens (primary N) is 1. The Bertz CT molecular complexity index is 395. The zero-order valence-electron chi connectivity index (χ0n) is 13.0. The van der Waals surface area contributed by atoms with Crippen LogP contribution in [0.4, 0.5) is 0 Å². The van der Waals surface area contributed by atoms with Gasteiger partial charge in [-0.25, -0.2) is 0 Å². The highest BCUT2D eigenvalue weighted by Gasteiger charge is 2.31.